The highest BCUT2D eigenvalue weighted by molar-refractivity contribution is 5.92. The van der Waals surface area contributed by atoms with Crippen LogP contribution in [0.4, 0.5) is 5.82 Å². The summed E-state index contributed by atoms with van der Waals surface area (Å²) in [6.07, 6.45) is 2.92. The van der Waals surface area contributed by atoms with Crippen molar-refractivity contribution in [2.24, 2.45) is 11.5 Å². The van der Waals surface area contributed by atoms with Crippen molar-refractivity contribution in [2.45, 2.75) is 24.9 Å². The van der Waals surface area contributed by atoms with Gasteiger partial charge < -0.3 is 16.8 Å². The van der Waals surface area contributed by atoms with Gasteiger partial charge in [0.05, 0.1) is 0 Å². The number of benzene rings is 1. The Labute approximate surface area is 123 Å². The molecule has 0 bridgehead atoms. The number of nitrogens with zero attached hydrogens (tertiary/aromatic N) is 1. The molecule has 1 heterocycles. The predicted molar refractivity (Wildman–Crippen MR) is 81.9 cm³/mol. The van der Waals surface area contributed by atoms with Gasteiger partial charge in [-0.2, -0.15) is 0 Å². The van der Waals surface area contributed by atoms with Gasteiger partial charge in [-0.25, -0.2) is 4.98 Å². The first-order chi connectivity index (χ1) is 10.1. The molecule has 2 aromatic rings. The van der Waals surface area contributed by atoms with Crippen LogP contribution >= 0.6 is 0 Å². The van der Waals surface area contributed by atoms with Gasteiger partial charge >= 0.3 is 0 Å². The Morgan fingerprint density at radius 3 is 2.76 bits per heavy atom. The molecule has 1 aromatic heterocycles. The molecule has 1 aromatic carbocycles. The molecule has 5 nitrogen and oxygen atoms in total. The normalized spacial score (nSPS) is 20.0. The van der Waals surface area contributed by atoms with Crippen LogP contribution in [0, 0.1) is 0 Å². The van der Waals surface area contributed by atoms with Crippen LogP contribution in [-0.4, -0.2) is 16.9 Å². The number of amides is 1. The molecule has 1 fully saturated rings. The van der Waals surface area contributed by atoms with Crippen LogP contribution in [0.2, 0.25) is 0 Å². The summed E-state index contributed by atoms with van der Waals surface area (Å²) < 4.78 is 0. The lowest BCUT2D eigenvalue weighted by atomic mass is 10.1. The maximum atomic E-state index is 11.1. The molecule has 5 heteroatoms. The number of nitrogens with one attached hydrogen (secondary N) is 1. The third kappa shape index (κ3) is 3.20. The van der Waals surface area contributed by atoms with Crippen molar-refractivity contribution in [1.29, 1.82) is 0 Å². The van der Waals surface area contributed by atoms with E-state index in [1.807, 2.05) is 24.4 Å². The summed E-state index contributed by atoms with van der Waals surface area (Å²) in [5.41, 5.74) is 13.8. The molecule has 5 N–H and O–H groups in total. The van der Waals surface area contributed by atoms with Crippen LogP contribution in [0.3, 0.4) is 0 Å². The number of pyridine rings is 1. The monoisotopic (exact) mass is 282 g/mol. The lowest BCUT2D eigenvalue weighted by molar-refractivity contribution is 0.1000. The topological polar surface area (TPSA) is 94.0 Å². The van der Waals surface area contributed by atoms with Crippen LogP contribution in [0.25, 0.3) is 0 Å². The molecule has 1 amide bonds. The van der Waals surface area contributed by atoms with Gasteiger partial charge in [0, 0.05) is 30.3 Å². The van der Waals surface area contributed by atoms with Gasteiger partial charge in [0.25, 0.3) is 0 Å². The van der Waals surface area contributed by atoms with Crippen molar-refractivity contribution in [1.82, 2.24) is 4.98 Å². The summed E-state index contributed by atoms with van der Waals surface area (Å²) in [5, 5.41) is 3.23. The van der Waals surface area contributed by atoms with Gasteiger partial charge in [-0.15, -0.1) is 0 Å². The highest BCUT2D eigenvalue weighted by Crippen LogP contribution is 2.38. The number of nitrogens with two attached hydrogens (primary N) is 2. The summed E-state index contributed by atoms with van der Waals surface area (Å²) >= 11 is 0. The van der Waals surface area contributed by atoms with Crippen LogP contribution in [0.15, 0.2) is 42.6 Å². The largest absolute Gasteiger partial charge is 0.366 e. The van der Waals surface area contributed by atoms with E-state index in [1.165, 1.54) is 5.56 Å². The SMILES string of the molecule is NC(=O)c1cccc(CNc2ccc([C@H]3C[C@@H]3N)cn2)c1. The summed E-state index contributed by atoms with van der Waals surface area (Å²) in [6, 6.07) is 11.6. The van der Waals surface area contributed by atoms with Crippen molar-refractivity contribution < 1.29 is 4.79 Å². The Morgan fingerprint density at radius 2 is 2.14 bits per heavy atom. The Morgan fingerprint density at radius 1 is 1.33 bits per heavy atom. The summed E-state index contributed by atoms with van der Waals surface area (Å²) in [6.45, 7) is 0.594. The molecule has 0 saturated heterocycles. The molecule has 1 aliphatic carbocycles. The number of anilines is 1. The van der Waals surface area contributed by atoms with E-state index in [9.17, 15) is 4.79 Å². The van der Waals surface area contributed by atoms with Crippen LogP contribution < -0.4 is 16.8 Å². The Kier molecular flexibility index (Phi) is 3.58. The highest BCUT2D eigenvalue weighted by Gasteiger charge is 2.34. The maximum absolute atomic E-state index is 11.1. The molecule has 108 valence electrons. The maximum Gasteiger partial charge on any atom is 0.248 e. The van der Waals surface area contributed by atoms with Crippen molar-refractivity contribution in [2.75, 3.05) is 5.32 Å². The van der Waals surface area contributed by atoms with E-state index in [0.717, 1.165) is 17.8 Å². The first-order valence-corrected chi connectivity index (χ1v) is 6.97. The molecular formula is C16H18N4O. The molecule has 0 unspecified atom stereocenters. The molecule has 0 aliphatic heterocycles. The number of hydrogen-bond donors (Lipinski definition) is 3. The van der Waals surface area contributed by atoms with E-state index in [4.69, 9.17) is 11.5 Å². The number of hydrogen-bond acceptors (Lipinski definition) is 4. The predicted octanol–water partition coefficient (Wildman–Crippen LogP) is 1.61. The van der Waals surface area contributed by atoms with Crippen LogP contribution in [-0.2, 0) is 6.54 Å². The highest BCUT2D eigenvalue weighted by atomic mass is 16.1. The third-order valence-corrected chi connectivity index (χ3v) is 3.74. The average molecular weight is 282 g/mol. The zero-order valence-electron chi connectivity index (χ0n) is 11.6. The van der Waals surface area contributed by atoms with Crippen molar-refractivity contribution in [3.63, 3.8) is 0 Å². The summed E-state index contributed by atoms with van der Waals surface area (Å²) in [7, 11) is 0. The smallest absolute Gasteiger partial charge is 0.248 e. The number of carbonyl (C=O) groups is 1. The van der Waals surface area contributed by atoms with Gasteiger partial charge in [-0.1, -0.05) is 18.2 Å². The van der Waals surface area contributed by atoms with E-state index >= 15 is 0 Å². The fourth-order valence-electron chi connectivity index (χ4n) is 2.35. The minimum atomic E-state index is -0.417. The number of carbonyl (C=O) groups excluding carboxylic acids is 1. The first-order valence-electron chi connectivity index (χ1n) is 6.97. The zero-order chi connectivity index (χ0) is 14.8. The van der Waals surface area contributed by atoms with E-state index in [0.29, 0.717) is 24.1 Å². The fourth-order valence-corrected chi connectivity index (χ4v) is 2.35. The lowest BCUT2D eigenvalue weighted by Crippen LogP contribution is -2.11. The first kappa shape index (κ1) is 13.6. The number of aromatic nitrogens is 1. The van der Waals surface area contributed by atoms with E-state index in [-0.39, 0.29) is 0 Å². The molecule has 0 radical (unpaired) electrons. The van der Waals surface area contributed by atoms with Crippen molar-refractivity contribution in [3.05, 3.63) is 59.3 Å². The Bertz CT molecular complexity index is 654. The lowest BCUT2D eigenvalue weighted by Gasteiger charge is -2.07. The minimum absolute atomic E-state index is 0.294. The van der Waals surface area contributed by atoms with E-state index < -0.39 is 5.91 Å². The minimum Gasteiger partial charge on any atom is -0.366 e. The van der Waals surface area contributed by atoms with Crippen LogP contribution in [0.1, 0.15) is 33.8 Å². The van der Waals surface area contributed by atoms with Gasteiger partial charge in [-0.05, 0) is 35.7 Å². The zero-order valence-corrected chi connectivity index (χ0v) is 11.6. The van der Waals surface area contributed by atoms with Gasteiger partial charge in [0.15, 0.2) is 0 Å². The Balaban J connectivity index is 1.62. The molecule has 2 atom stereocenters. The summed E-state index contributed by atoms with van der Waals surface area (Å²) in [5.74, 6) is 0.858. The van der Waals surface area contributed by atoms with Gasteiger partial charge in [0.2, 0.25) is 5.91 Å². The molecule has 1 saturated carbocycles. The number of primary amides is 1. The van der Waals surface area contributed by atoms with Gasteiger partial charge in [-0.3, -0.25) is 4.79 Å². The van der Waals surface area contributed by atoms with Crippen molar-refractivity contribution in [3.8, 4) is 0 Å². The second kappa shape index (κ2) is 5.54. The molecule has 3 rings (SSSR count). The fraction of sp³-hybridized carbons (Fsp3) is 0.250. The standard InChI is InChI=1S/C16H18N4O/c17-14-7-13(14)12-4-5-15(20-9-12)19-8-10-2-1-3-11(6-10)16(18)21/h1-6,9,13-14H,7-8,17H2,(H2,18,21)(H,19,20)/t13-,14+/m1/s1. The van der Waals surface area contributed by atoms with Crippen molar-refractivity contribution >= 4 is 11.7 Å². The molecule has 0 spiro atoms. The van der Waals surface area contributed by atoms with E-state index in [2.05, 4.69) is 16.4 Å². The number of rotatable bonds is 5. The second-order valence-electron chi connectivity index (χ2n) is 5.40. The molecule has 1 aliphatic rings. The second-order valence-corrected chi connectivity index (χ2v) is 5.40. The third-order valence-electron chi connectivity index (χ3n) is 3.74. The van der Waals surface area contributed by atoms with Crippen LogP contribution in [0.5, 0.6) is 0 Å². The quantitative estimate of drug-likeness (QED) is 0.776. The molecular weight excluding hydrogens is 264 g/mol. The van der Waals surface area contributed by atoms with E-state index in [1.54, 1.807) is 12.1 Å². The van der Waals surface area contributed by atoms with Gasteiger partial charge in [0.1, 0.15) is 5.82 Å². The summed E-state index contributed by atoms with van der Waals surface area (Å²) in [4.78, 5) is 15.5. The molecule has 21 heavy (non-hydrogen) atoms. The Hall–Kier alpha value is -2.40. The average Bonchev–Trinajstić information content (AvgIpc) is 3.23.